The van der Waals surface area contributed by atoms with E-state index >= 15 is 0 Å². The number of carbonyl (C=O) groups is 1. The first-order valence-corrected chi connectivity index (χ1v) is 6.49. The Labute approximate surface area is 119 Å². The number of nitrogens with zero attached hydrogens (tertiary/aromatic N) is 1. The minimum absolute atomic E-state index is 0.106. The lowest BCUT2D eigenvalue weighted by molar-refractivity contribution is -0.120. The molecule has 0 unspecified atom stereocenters. The van der Waals surface area contributed by atoms with Gasteiger partial charge in [0.2, 0.25) is 5.91 Å². The Morgan fingerprint density at radius 1 is 1.29 bits per heavy atom. The van der Waals surface area contributed by atoms with Crippen molar-refractivity contribution in [3.05, 3.63) is 64.4 Å². The lowest BCUT2D eigenvalue weighted by Crippen LogP contribution is -2.24. The standard InChI is InChI=1S/C15H13N3O3/c19-14(17-9-11-3-1-2-6-16-11)8-10-4-5-13-12(7-10)18-15(20)21-13/h1-7H,8-9H2,(H,17,19)(H,18,20). The van der Waals surface area contributed by atoms with E-state index in [1.807, 2.05) is 18.2 Å². The van der Waals surface area contributed by atoms with E-state index in [1.165, 1.54) is 0 Å². The number of carbonyl (C=O) groups excluding carboxylic acids is 1. The highest BCUT2D eigenvalue weighted by molar-refractivity contribution is 5.80. The Morgan fingerprint density at radius 3 is 3.00 bits per heavy atom. The molecule has 0 aliphatic carbocycles. The lowest BCUT2D eigenvalue weighted by atomic mass is 10.1. The first-order valence-electron chi connectivity index (χ1n) is 6.49. The van der Waals surface area contributed by atoms with Crippen LogP contribution in [0.15, 0.2) is 51.8 Å². The molecule has 6 heteroatoms. The molecule has 0 bridgehead atoms. The fourth-order valence-corrected chi connectivity index (χ4v) is 2.05. The minimum atomic E-state index is -0.498. The molecule has 0 saturated carbocycles. The Morgan fingerprint density at radius 2 is 2.19 bits per heavy atom. The minimum Gasteiger partial charge on any atom is -0.408 e. The number of rotatable bonds is 4. The highest BCUT2D eigenvalue weighted by Gasteiger charge is 2.06. The van der Waals surface area contributed by atoms with Crippen molar-refractivity contribution in [1.82, 2.24) is 15.3 Å². The molecule has 0 saturated heterocycles. The fraction of sp³-hybridized carbons (Fsp3) is 0.133. The van der Waals surface area contributed by atoms with E-state index in [0.29, 0.717) is 17.6 Å². The average Bonchev–Trinajstić information content (AvgIpc) is 2.85. The van der Waals surface area contributed by atoms with E-state index in [1.54, 1.807) is 24.4 Å². The summed E-state index contributed by atoms with van der Waals surface area (Å²) in [5.41, 5.74) is 2.69. The molecule has 3 rings (SSSR count). The van der Waals surface area contributed by atoms with Crippen LogP contribution in [-0.2, 0) is 17.8 Å². The maximum Gasteiger partial charge on any atom is 0.417 e. The van der Waals surface area contributed by atoms with Crippen LogP contribution in [0.25, 0.3) is 11.1 Å². The van der Waals surface area contributed by atoms with Crippen molar-refractivity contribution in [3.8, 4) is 0 Å². The summed E-state index contributed by atoms with van der Waals surface area (Å²) in [6.45, 7) is 0.393. The van der Waals surface area contributed by atoms with Gasteiger partial charge in [0.25, 0.3) is 0 Å². The van der Waals surface area contributed by atoms with Crippen molar-refractivity contribution >= 4 is 17.0 Å². The summed E-state index contributed by atoms with van der Waals surface area (Å²) in [7, 11) is 0. The molecule has 0 radical (unpaired) electrons. The van der Waals surface area contributed by atoms with Gasteiger partial charge in [-0.2, -0.15) is 0 Å². The Hall–Kier alpha value is -2.89. The molecule has 0 aliphatic heterocycles. The lowest BCUT2D eigenvalue weighted by Gasteiger charge is -2.04. The van der Waals surface area contributed by atoms with Gasteiger partial charge in [-0.1, -0.05) is 12.1 Å². The second-order valence-electron chi connectivity index (χ2n) is 4.62. The highest BCUT2D eigenvalue weighted by Crippen LogP contribution is 2.12. The number of aromatic amines is 1. The number of amides is 1. The topological polar surface area (TPSA) is 88.0 Å². The second-order valence-corrected chi connectivity index (χ2v) is 4.62. The summed E-state index contributed by atoms with van der Waals surface area (Å²) in [6.07, 6.45) is 1.92. The van der Waals surface area contributed by atoms with E-state index in [-0.39, 0.29) is 12.3 Å². The van der Waals surface area contributed by atoms with Crippen LogP contribution in [-0.4, -0.2) is 15.9 Å². The highest BCUT2D eigenvalue weighted by atomic mass is 16.4. The SMILES string of the molecule is O=C(Cc1ccc2oc(=O)[nH]c2c1)NCc1ccccn1. The maximum absolute atomic E-state index is 11.9. The van der Waals surface area contributed by atoms with Crippen molar-refractivity contribution in [3.63, 3.8) is 0 Å². The zero-order chi connectivity index (χ0) is 14.7. The van der Waals surface area contributed by atoms with Crippen LogP contribution in [0.2, 0.25) is 0 Å². The third-order valence-corrected chi connectivity index (χ3v) is 3.04. The van der Waals surface area contributed by atoms with Crippen molar-refractivity contribution < 1.29 is 9.21 Å². The maximum atomic E-state index is 11.9. The van der Waals surface area contributed by atoms with Gasteiger partial charge in [0.15, 0.2) is 5.58 Å². The molecule has 1 amide bonds. The monoisotopic (exact) mass is 283 g/mol. The number of hydrogen-bond acceptors (Lipinski definition) is 4. The van der Waals surface area contributed by atoms with Gasteiger partial charge in [-0.25, -0.2) is 4.79 Å². The van der Waals surface area contributed by atoms with Crippen LogP contribution in [0.3, 0.4) is 0 Å². The van der Waals surface area contributed by atoms with Crippen LogP contribution in [0.1, 0.15) is 11.3 Å². The quantitative estimate of drug-likeness (QED) is 0.757. The van der Waals surface area contributed by atoms with E-state index in [9.17, 15) is 9.59 Å². The van der Waals surface area contributed by atoms with Gasteiger partial charge < -0.3 is 9.73 Å². The number of fused-ring (bicyclic) bond motifs is 1. The van der Waals surface area contributed by atoms with E-state index in [2.05, 4.69) is 15.3 Å². The smallest absolute Gasteiger partial charge is 0.408 e. The summed E-state index contributed by atoms with van der Waals surface area (Å²) >= 11 is 0. The van der Waals surface area contributed by atoms with Gasteiger partial charge in [-0.15, -0.1) is 0 Å². The van der Waals surface area contributed by atoms with Gasteiger partial charge in [0.05, 0.1) is 24.2 Å². The zero-order valence-corrected chi connectivity index (χ0v) is 11.1. The Bertz CT molecular complexity index is 821. The van der Waals surface area contributed by atoms with E-state index in [4.69, 9.17) is 4.42 Å². The van der Waals surface area contributed by atoms with Crippen LogP contribution in [0.5, 0.6) is 0 Å². The number of oxazole rings is 1. The van der Waals surface area contributed by atoms with Gasteiger partial charge >= 0.3 is 5.76 Å². The van der Waals surface area contributed by atoms with Crippen LogP contribution >= 0.6 is 0 Å². The first kappa shape index (κ1) is 13.1. The largest absolute Gasteiger partial charge is 0.417 e. The number of pyridine rings is 1. The molecule has 0 aliphatic rings. The van der Waals surface area contributed by atoms with Gasteiger partial charge in [-0.05, 0) is 29.8 Å². The number of aromatic nitrogens is 2. The zero-order valence-electron chi connectivity index (χ0n) is 11.1. The molecule has 21 heavy (non-hydrogen) atoms. The molecule has 1 aromatic carbocycles. The number of benzene rings is 1. The molecule has 0 atom stereocenters. The number of hydrogen-bond donors (Lipinski definition) is 2. The first-order chi connectivity index (χ1) is 10.2. The predicted octanol–water partition coefficient (Wildman–Crippen LogP) is 1.38. The number of nitrogens with one attached hydrogen (secondary N) is 2. The molecule has 2 aromatic heterocycles. The third kappa shape index (κ3) is 3.17. The van der Waals surface area contributed by atoms with Gasteiger partial charge in [-0.3, -0.25) is 14.8 Å². The molecular weight excluding hydrogens is 270 g/mol. The van der Waals surface area contributed by atoms with E-state index < -0.39 is 5.76 Å². The average molecular weight is 283 g/mol. The summed E-state index contributed by atoms with van der Waals surface area (Å²) in [5.74, 6) is -0.604. The van der Waals surface area contributed by atoms with Crippen molar-refractivity contribution in [1.29, 1.82) is 0 Å². The number of H-pyrrole nitrogens is 1. The summed E-state index contributed by atoms with van der Waals surface area (Å²) in [6, 6.07) is 10.7. The normalized spacial score (nSPS) is 10.7. The van der Waals surface area contributed by atoms with Crippen LogP contribution in [0, 0.1) is 0 Å². The summed E-state index contributed by atoms with van der Waals surface area (Å²) in [4.78, 5) is 29.7. The van der Waals surface area contributed by atoms with Crippen molar-refractivity contribution in [2.75, 3.05) is 0 Å². The molecule has 2 heterocycles. The van der Waals surface area contributed by atoms with Gasteiger partial charge in [0.1, 0.15) is 0 Å². The molecule has 0 fully saturated rings. The molecular formula is C15H13N3O3. The molecule has 2 N–H and O–H groups in total. The molecule has 106 valence electrons. The van der Waals surface area contributed by atoms with Crippen LogP contribution in [0.4, 0.5) is 0 Å². The van der Waals surface area contributed by atoms with Crippen molar-refractivity contribution in [2.45, 2.75) is 13.0 Å². The summed E-state index contributed by atoms with van der Waals surface area (Å²) in [5, 5.41) is 2.80. The molecule has 3 aromatic rings. The van der Waals surface area contributed by atoms with E-state index in [0.717, 1.165) is 11.3 Å². The Balaban J connectivity index is 1.64. The summed E-state index contributed by atoms with van der Waals surface area (Å²) < 4.78 is 4.91. The van der Waals surface area contributed by atoms with Gasteiger partial charge in [0, 0.05) is 6.20 Å². The fourth-order valence-electron chi connectivity index (χ4n) is 2.05. The van der Waals surface area contributed by atoms with Crippen molar-refractivity contribution in [2.24, 2.45) is 0 Å². The predicted molar refractivity (Wildman–Crippen MR) is 76.6 cm³/mol. The Kier molecular flexibility index (Phi) is 3.51. The molecule has 0 spiro atoms. The second kappa shape index (κ2) is 5.62. The van der Waals surface area contributed by atoms with Crippen LogP contribution < -0.4 is 11.1 Å². The third-order valence-electron chi connectivity index (χ3n) is 3.04. The molecule has 6 nitrogen and oxygen atoms in total.